The van der Waals surface area contributed by atoms with Crippen molar-refractivity contribution in [3.63, 3.8) is 0 Å². The average molecular weight is 185 g/mol. The molecule has 0 bridgehead atoms. The lowest BCUT2D eigenvalue weighted by atomic mass is 10.0. The Morgan fingerprint density at radius 1 is 1.31 bits per heavy atom. The second-order valence-electron chi connectivity index (χ2n) is 3.14. The molecule has 13 heavy (non-hydrogen) atoms. The molecule has 0 saturated carbocycles. The summed E-state index contributed by atoms with van der Waals surface area (Å²) in [6.07, 6.45) is 0.641. The van der Waals surface area contributed by atoms with E-state index in [1.807, 2.05) is 6.92 Å². The minimum absolute atomic E-state index is 0.348. The first-order valence-corrected chi connectivity index (χ1v) is 4.27. The van der Waals surface area contributed by atoms with E-state index in [0.29, 0.717) is 17.5 Å². The van der Waals surface area contributed by atoms with Crippen LogP contribution in [0.4, 0.5) is 8.78 Å². The first-order chi connectivity index (χ1) is 6.06. The van der Waals surface area contributed by atoms with E-state index in [9.17, 15) is 8.78 Å². The smallest absolute Gasteiger partial charge is 0.130 e. The molecule has 0 radical (unpaired) electrons. The van der Waals surface area contributed by atoms with E-state index < -0.39 is 11.6 Å². The molecule has 0 saturated heterocycles. The summed E-state index contributed by atoms with van der Waals surface area (Å²) >= 11 is 0. The molecular formula is C10H13F2N. The van der Waals surface area contributed by atoms with E-state index in [4.69, 9.17) is 5.73 Å². The van der Waals surface area contributed by atoms with Crippen LogP contribution in [0.1, 0.15) is 30.5 Å². The molecular weight excluding hydrogens is 172 g/mol. The van der Waals surface area contributed by atoms with Gasteiger partial charge >= 0.3 is 0 Å². The highest BCUT2D eigenvalue weighted by Crippen LogP contribution is 2.20. The summed E-state index contributed by atoms with van der Waals surface area (Å²) in [7, 11) is 0. The van der Waals surface area contributed by atoms with Gasteiger partial charge in [-0.05, 0) is 25.0 Å². The Balaban J connectivity index is 3.15. The fourth-order valence-electron chi connectivity index (χ4n) is 1.18. The maximum absolute atomic E-state index is 13.1. The van der Waals surface area contributed by atoms with Crippen LogP contribution in [0.5, 0.6) is 0 Å². The van der Waals surface area contributed by atoms with Gasteiger partial charge in [0.05, 0.1) is 0 Å². The Hall–Kier alpha value is -0.960. The Morgan fingerprint density at radius 2 is 1.92 bits per heavy atom. The van der Waals surface area contributed by atoms with E-state index in [-0.39, 0.29) is 6.04 Å². The van der Waals surface area contributed by atoms with E-state index in [1.165, 1.54) is 6.07 Å². The van der Waals surface area contributed by atoms with Gasteiger partial charge in [0.2, 0.25) is 0 Å². The lowest BCUT2D eigenvalue weighted by molar-refractivity contribution is 0.547. The normalized spacial score (nSPS) is 13.0. The number of nitrogens with two attached hydrogens (primary N) is 1. The van der Waals surface area contributed by atoms with E-state index in [1.54, 1.807) is 6.92 Å². The largest absolute Gasteiger partial charge is 0.324 e. The maximum Gasteiger partial charge on any atom is 0.130 e. The zero-order valence-corrected chi connectivity index (χ0v) is 7.77. The number of rotatable bonds is 2. The van der Waals surface area contributed by atoms with Crippen molar-refractivity contribution in [1.82, 2.24) is 0 Å². The Bertz CT molecular complexity index is 310. The molecule has 1 atom stereocenters. The van der Waals surface area contributed by atoms with Crippen molar-refractivity contribution < 1.29 is 8.78 Å². The average Bonchev–Trinajstić information content (AvgIpc) is 2.10. The standard InChI is InChI=1S/C10H13F2N/c1-3-10(13)7-4-6(2)8(11)5-9(7)12/h4-5,10H,3,13H2,1-2H3/t10-/m1/s1. The van der Waals surface area contributed by atoms with Gasteiger partial charge in [0.25, 0.3) is 0 Å². The molecule has 0 spiro atoms. The lowest BCUT2D eigenvalue weighted by Gasteiger charge is -2.11. The molecule has 0 unspecified atom stereocenters. The molecule has 0 aliphatic heterocycles. The van der Waals surface area contributed by atoms with Crippen molar-refractivity contribution in [2.24, 2.45) is 5.73 Å². The van der Waals surface area contributed by atoms with Crippen molar-refractivity contribution in [2.45, 2.75) is 26.3 Å². The molecule has 0 fully saturated rings. The Kier molecular flexibility index (Phi) is 2.98. The van der Waals surface area contributed by atoms with Gasteiger partial charge in [-0.2, -0.15) is 0 Å². The van der Waals surface area contributed by atoms with Crippen LogP contribution in [0, 0.1) is 18.6 Å². The fraction of sp³-hybridized carbons (Fsp3) is 0.400. The SMILES string of the molecule is CC[C@@H](N)c1cc(C)c(F)cc1F. The highest BCUT2D eigenvalue weighted by molar-refractivity contribution is 5.27. The molecule has 72 valence electrons. The van der Waals surface area contributed by atoms with Crippen LogP contribution >= 0.6 is 0 Å². The Morgan fingerprint density at radius 3 is 2.46 bits per heavy atom. The summed E-state index contributed by atoms with van der Waals surface area (Å²) in [6.45, 7) is 3.46. The van der Waals surface area contributed by atoms with Gasteiger partial charge < -0.3 is 5.73 Å². The molecule has 1 nitrogen and oxygen atoms in total. The van der Waals surface area contributed by atoms with Crippen molar-refractivity contribution >= 4 is 0 Å². The van der Waals surface area contributed by atoms with Crippen LogP contribution in [-0.4, -0.2) is 0 Å². The van der Waals surface area contributed by atoms with Crippen LogP contribution < -0.4 is 5.73 Å². The third kappa shape index (κ3) is 2.04. The van der Waals surface area contributed by atoms with E-state index in [2.05, 4.69) is 0 Å². The fourth-order valence-corrected chi connectivity index (χ4v) is 1.18. The second kappa shape index (κ2) is 3.83. The third-order valence-electron chi connectivity index (χ3n) is 2.12. The van der Waals surface area contributed by atoms with Gasteiger partial charge in [-0.25, -0.2) is 8.78 Å². The van der Waals surface area contributed by atoms with Crippen molar-refractivity contribution in [3.8, 4) is 0 Å². The number of halogens is 2. The van der Waals surface area contributed by atoms with Crippen molar-refractivity contribution in [2.75, 3.05) is 0 Å². The van der Waals surface area contributed by atoms with Crippen LogP contribution in [0.25, 0.3) is 0 Å². The summed E-state index contributed by atoms with van der Waals surface area (Å²) < 4.78 is 26.0. The van der Waals surface area contributed by atoms with Gasteiger partial charge in [-0.15, -0.1) is 0 Å². The van der Waals surface area contributed by atoms with Crippen LogP contribution in [0.2, 0.25) is 0 Å². The summed E-state index contributed by atoms with van der Waals surface area (Å²) in [5.41, 5.74) is 6.47. The highest BCUT2D eigenvalue weighted by Gasteiger charge is 2.12. The first-order valence-electron chi connectivity index (χ1n) is 4.27. The summed E-state index contributed by atoms with van der Waals surface area (Å²) in [5.74, 6) is -1.08. The van der Waals surface area contributed by atoms with Gasteiger partial charge in [-0.1, -0.05) is 6.92 Å². The predicted molar refractivity (Wildman–Crippen MR) is 48.3 cm³/mol. The van der Waals surface area contributed by atoms with E-state index in [0.717, 1.165) is 6.07 Å². The lowest BCUT2D eigenvalue weighted by Crippen LogP contribution is -2.11. The van der Waals surface area contributed by atoms with Gasteiger partial charge in [0, 0.05) is 17.7 Å². The molecule has 0 amide bonds. The third-order valence-corrected chi connectivity index (χ3v) is 2.12. The van der Waals surface area contributed by atoms with Crippen LogP contribution in [-0.2, 0) is 0 Å². The number of hydrogen-bond acceptors (Lipinski definition) is 1. The number of hydrogen-bond donors (Lipinski definition) is 1. The topological polar surface area (TPSA) is 26.0 Å². The van der Waals surface area contributed by atoms with Crippen molar-refractivity contribution in [3.05, 3.63) is 34.9 Å². The second-order valence-corrected chi connectivity index (χ2v) is 3.14. The highest BCUT2D eigenvalue weighted by atomic mass is 19.1. The minimum atomic E-state index is -0.558. The zero-order chi connectivity index (χ0) is 10.0. The molecule has 1 aromatic carbocycles. The monoisotopic (exact) mass is 185 g/mol. The molecule has 1 rings (SSSR count). The summed E-state index contributed by atoms with van der Waals surface area (Å²) in [4.78, 5) is 0. The van der Waals surface area contributed by atoms with Gasteiger partial charge in [-0.3, -0.25) is 0 Å². The summed E-state index contributed by atoms with van der Waals surface area (Å²) in [6, 6.07) is 2.01. The number of benzene rings is 1. The van der Waals surface area contributed by atoms with Crippen molar-refractivity contribution in [1.29, 1.82) is 0 Å². The van der Waals surface area contributed by atoms with E-state index >= 15 is 0 Å². The molecule has 3 heteroatoms. The molecule has 0 aliphatic rings. The maximum atomic E-state index is 13.1. The molecule has 0 aliphatic carbocycles. The molecule has 0 aromatic heterocycles. The first kappa shape index (κ1) is 10.1. The minimum Gasteiger partial charge on any atom is -0.324 e. The Labute approximate surface area is 76.6 Å². The molecule has 2 N–H and O–H groups in total. The zero-order valence-electron chi connectivity index (χ0n) is 7.77. The molecule has 0 heterocycles. The summed E-state index contributed by atoms with van der Waals surface area (Å²) in [5, 5.41) is 0. The van der Waals surface area contributed by atoms with Gasteiger partial charge in [0.1, 0.15) is 11.6 Å². The number of aryl methyl sites for hydroxylation is 1. The van der Waals surface area contributed by atoms with Crippen LogP contribution in [0.3, 0.4) is 0 Å². The van der Waals surface area contributed by atoms with Gasteiger partial charge in [0.15, 0.2) is 0 Å². The predicted octanol–water partition coefficient (Wildman–Crippen LogP) is 2.68. The van der Waals surface area contributed by atoms with Crippen LogP contribution in [0.15, 0.2) is 12.1 Å². The quantitative estimate of drug-likeness (QED) is 0.753. The molecule has 1 aromatic rings.